The second-order valence-corrected chi connectivity index (χ2v) is 11.7. The van der Waals surface area contributed by atoms with E-state index >= 15 is 0 Å². The first kappa shape index (κ1) is 34.2. The van der Waals surface area contributed by atoms with Crippen molar-refractivity contribution in [3.05, 3.63) is 76.7 Å². The molecule has 3 aromatic rings. The Hall–Kier alpha value is -3.71. The second-order valence-electron chi connectivity index (χ2n) is 11.7. The lowest BCUT2D eigenvalue weighted by Crippen LogP contribution is -2.55. The van der Waals surface area contributed by atoms with Crippen molar-refractivity contribution in [2.45, 2.75) is 51.5 Å². The van der Waals surface area contributed by atoms with Crippen molar-refractivity contribution >= 4 is 17.4 Å². The summed E-state index contributed by atoms with van der Waals surface area (Å²) in [5.41, 5.74) is -3.64. The number of amides is 1. The minimum absolute atomic E-state index is 0.0196. The van der Waals surface area contributed by atoms with Crippen LogP contribution < -0.4 is 9.80 Å². The van der Waals surface area contributed by atoms with E-state index in [9.17, 15) is 40.6 Å². The van der Waals surface area contributed by atoms with Crippen LogP contribution in [0.1, 0.15) is 43.0 Å². The number of aromatic nitrogens is 1. The van der Waals surface area contributed by atoms with Gasteiger partial charge in [0.1, 0.15) is 11.6 Å². The van der Waals surface area contributed by atoms with Gasteiger partial charge in [-0.25, -0.2) is 9.37 Å². The third-order valence-electron chi connectivity index (χ3n) is 8.38. The summed E-state index contributed by atoms with van der Waals surface area (Å²) in [5, 5.41) is 10.1. The van der Waals surface area contributed by atoms with Crippen molar-refractivity contribution < 1.29 is 40.6 Å². The number of nitrogens with zero attached hydrogens (tertiary/aromatic N) is 4. The minimum atomic E-state index is -5.08. The number of hydrogen-bond donors (Lipinski definition) is 1. The maximum Gasteiger partial charge on any atom is 0.416 e. The lowest BCUT2D eigenvalue weighted by atomic mass is 9.81. The Morgan fingerprint density at radius 2 is 1.56 bits per heavy atom. The van der Waals surface area contributed by atoms with Gasteiger partial charge in [-0.3, -0.25) is 9.69 Å². The molecule has 45 heavy (non-hydrogen) atoms. The highest BCUT2D eigenvalue weighted by molar-refractivity contribution is 6.03. The molecule has 0 bridgehead atoms. The standard InChI is InChI=1S/C32H35F7N4O2/c1-6-42-9-10-43(24(17-42)18-44)28-15-26(25-8-7-23(33)11-19(25)2)27(16-40-28)41(5)29(45)30(3,4)20-12-21(31(34,35)36)14-22(13-20)32(37,38)39/h7-8,11-16,24,44H,6,9-10,17-18H2,1-5H3. The predicted molar refractivity (Wildman–Crippen MR) is 158 cm³/mol. The summed E-state index contributed by atoms with van der Waals surface area (Å²) in [6.45, 7) is 8.71. The number of halogens is 7. The molecule has 1 aromatic heterocycles. The van der Waals surface area contributed by atoms with Crippen LogP contribution in [-0.4, -0.2) is 66.8 Å². The van der Waals surface area contributed by atoms with Gasteiger partial charge in [0.25, 0.3) is 0 Å². The molecule has 1 saturated heterocycles. The van der Waals surface area contributed by atoms with Crippen molar-refractivity contribution in [3.8, 4) is 11.1 Å². The van der Waals surface area contributed by atoms with Gasteiger partial charge in [-0.2, -0.15) is 26.3 Å². The van der Waals surface area contributed by atoms with Crippen LogP contribution in [0, 0.1) is 12.7 Å². The van der Waals surface area contributed by atoms with Crippen molar-refractivity contribution in [1.29, 1.82) is 0 Å². The molecule has 1 aliphatic heterocycles. The Bertz CT molecular complexity index is 1520. The van der Waals surface area contributed by atoms with Gasteiger partial charge in [0.15, 0.2) is 0 Å². The lowest BCUT2D eigenvalue weighted by Gasteiger charge is -2.41. The Morgan fingerprint density at radius 3 is 2.09 bits per heavy atom. The summed E-state index contributed by atoms with van der Waals surface area (Å²) in [4.78, 5) is 23.8. The first-order valence-corrected chi connectivity index (χ1v) is 14.3. The number of rotatable bonds is 7. The number of aliphatic hydroxyl groups is 1. The van der Waals surface area contributed by atoms with E-state index in [0.29, 0.717) is 54.3 Å². The van der Waals surface area contributed by atoms with Crippen LogP contribution in [0.2, 0.25) is 0 Å². The molecule has 13 heteroatoms. The van der Waals surface area contributed by atoms with E-state index < -0.39 is 46.2 Å². The monoisotopic (exact) mass is 640 g/mol. The van der Waals surface area contributed by atoms with Gasteiger partial charge < -0.3 is 14.9 Å². The van der Waals surface area contributed by atoms with E-state index in [0.717, 1.165) is 11.4 Å². The van der Waals surface area contributed by atoms with Crippen LogP contribution >= 0.6 is 0 Å². The zero-order valence-corrected chi connectivity index (χ0v) is 25.5. The molecule has 1 aliphatic rings. The van der Waals surface area contributed by atoms with E-state index in [4.69, 9.17) is 0 Å². The Balaban J connectivity index is 1.82. The minimum Gasteiger partial charge on any atom is -0.394 e. The van der Waals surface area contributed by atoms with Gasteiger partial charge in [-0.05, 0) is 80.4 Å². The predicted octanol–water partition coefficient (Wildman–Crippen LogP) is 6.68. The highest BCUT2D eigenvalue weighted by Gasteiger charge is 2.41. The average Bonchev–Trinajstić information content (AvgIpc) is 2.98. The molecular formula is C32H35F7N4O2. The molecule has 0 saturated carbocycles. The summed E-state index contributed by atoms with van der Waals surface area (Å²) < 4.78 is 95.8. The van der Waals surface area contributed by atoms with Gasteiger partial charge in [-0.15, -0.1) is 0 Å². The number of piperazine rings is 1. The highest BCUT2D eigenvalue weighted by Crippen LogP contribution is 2.41. The van der Waals surface area contributed by atoms with Crippen LogP contribution in [0.4, 0.5) is 42.2 Å². The van der Waals surface area contributed by atoms with Crippen molar-refractivity contribution in [2.24, 2.45) is 0 Å². The molecule has 2 heterocycles. The van der Waals surface area contributed by atoms with Gasteiger partial charge in [-0.1, -0.05) is 13.0 Å². The average molecular weight is 641 g/mol. The normalized spacial score (nSPS) is 16.6. The number of aryl methyl sites for hydroxylation is 1. The quantitative estimate of drug-likeness (QED) is 0.292. The van der Waals surface area contributed by atoms with Crippen molar-refractivity contribution in [1.82, 2.24) is 9.88 Å². The van der Waals surface area contributed by atoms with Gasteiger partial charge in [0, 0.05) is 32.2 Å². The van der Waals surface area contributed by atoms with Crippen LogP contribution in [0.3, 0.4) is 0 Å². The number of carbonyl (C=O) groups excluding carboxylic acids is 1. The van der Waals surface area contributed by atoms with Crippen LogP contribution in [0.25, 0.3) is 11.1 Å². The third-order valence-corrected chi connectivity index (χ3v) is 8.38. The van der Waals surface area contributed by atoms with Crippen LogP contribution in [-0.2, 0) is 22.6 Å². The second kappa shape index (κ2) is 12.6. The molecule has 1 N–H and O–H groups in total. The topological polar surface area (TPSA) is 59.9 Å². The SMILES string of the molecule is CCN1CCN(c2cc(-c3ccc(F)cc3C)c(N(C)C(=O)C(C)(C)c3cc(C(F)(F)F)cc(C(F)(F)F)c3)cn2)C(CO)C1. The Morgan fingerprint density at radius 1 is 0.956 bits per heavy atom. The summed E-state index contributed by atoms with van der Waals surface area (Å²) in [6.07, 6.45) is -8.76. The number of likely N-dealkylation sites (N-methyl/N-ethyl adjacent to an activating group) is 2. The number of anilines is 2. The van der Waals surface area contributed by atoms with Crippen molar-refractivity contribution in [3.63, 3.8) is 0 Å². The molecule has 0 spiro atoms. The van der Waals surface area contributed by atoms with Gasteiger partial charge in [0.2, 0.25) is 5.91 Å². The van der Waals surface area contributed by atoms with Crippen molar-refractivity contribution in [2.75, 3.05) is 49.6 Å². The third kappa shape index (κ3) is 7.09. The highest BCUT2D eigenvalue weighted by atomic mass is 19.4. The molecule has 244 valence electrons. The van der Waals surface area contributed by atoms with E-state index in [1.807, 2.05) is 11.8 Å². The summed E-state index contributed by atoms with van der Waals surface area (Å²) in [6, 6.07) is 6.63. The zero-order valence-electron chi connectivity index (χ0n) is 25.5. The van der Waals surface area contributed by atoms with Gasteiger partial charge >= 0.3 is 12.4 Å². The molecule has 1 amide bonds. The maximum absolute atomic E-state index is 14.1. The Kier molecular flexibility index (Phi) is 9.56. The number of hydrogen-bond acceptors (Lipinski definition) is 5. The maximum atomic E-state index is 14.1. The first-order chi connectivity index (χ1) is 20.9. The van der Waals surface area contributed by atoms with Gasteiger partial charge in [0.05, 0.1) is 41.1 Å². The summed E-state index contributed by atoms with van der Waals surface area (Å²) >= 11 is 0. The van der Waals surface area contributed by atoms with Crippen LogP contribution in [0.5, 0.6) is 0 Å². The van der Waals surface area contributed by atoms with E-state index in [-0.39, 0.29) is 24.4 Å². The van der Waals surface area contributed by atoms with E-state index in [1.54, 1.807) is 13.0 Å². The summed E-state index contributed by atoms with van der Waals surface area (Å²) in [7, 11) is 1.36. The molecule has 0 aliphatic carbocycles. The van der Waals surface area contributed by atoms with E-state index in [2.05, 4.69) is 9.88 Å². The Labute approximate surface area is 257 Å². The lowest BCUT2D eigenvalue weighted by molar-refractivity contribution is -0.143. The molecule has 1 fully saturated rings. The fourth-order valence-corrected chi connectivity index (χ4v) is 5.64. The number of alkyl halides is 6. The molecule has 1 atom stereocenters. The number of carbonyl (C=O) groups is 1. The fourth-order valence-electron chi connectivity index (χ4n) is 5.64. The molecule has 6 nitrogen and oxygen atoms in total. The largest absolute Gasteiger partial charge is 0.416 e. The summed E-state index contributed by atoms with van der Waals surface area (Å²) in [5.74, 6) is -0.797. The van der Waals surface area contributed by atoms with Crippen LogP contribution in [0.15, 0.2) is 48.7 Å². The molecule has 4 rings (SSSR count). The number of aliphatic hydroxyl groups excluding tert-OH is 1. The molecule has 1 unspecified atom stereocenters. The molecular weight excluding hydrogens is 605 g/mol. The number of benzene rings is 2. The number of pyridine rings is 1. The molecule has 0 radical (unpaired) electrons. The zero-order chi connectivity index (χ0) is 33.5. The first-order valence-electron chi connectivity index (χ1n) is 14.3. The fraction of sp³-hybridized carbons (Fsp3) is 0.438. The van der Waals surface area contributed by atoms with E-state index in [1.165, 1.54) is 45.3 Å². The smallest absolute Gasteiger partial charge is 0.394 e. The molecule has 2 aromatic carbocycles.